The van der Waals surface area contributed by atoms with E-state index >= 15 is 0 Å². The largest absolute Gasteiger partial charge is 0.207 e. The Morgan fingerprint density at radius 2 is 1.74 bits per heavy atom. The molecule has 0 N–H and O–H groups in total. The lowest BCUT2D eigenvalue weighted by Gasteiger charge is -2.03. The van der Waals surface area contributed by atoms with Crippen molar-refractivity contribution in [2.45, 2.75) is 4.90 Å². The zero-order valence-electron chi connectivity index (χ0n) is 10.6. The van der Waals surface area contributed by atoms with Crippen molar-refractivity contribution in [2.75, 3.05) is 5.75 Å². The Labute approximate surface area is 117 Å². The molecule has 0 saturated carbocycles. The van der Waals surface area contributed by atoms with Crippen LogP contribution in [0.1, 0.15) is 5.56 Å². The molecule has 96 valence electrons. The van der Waals surface area contributed by atoms with Crippen LogP contribution >= 0.6 is 11.8 Å². The number of thioether (sulfide) groups is 1. The van der Waals surface area contributed by atoms with Gasteiger partial charge in [-0.05, 0) is 35.4 Å². The van der Waals surface area contributed by atoms with E-state index in [-0.39, 0.29) is 5.82 Å². The average molecular weight is 270 g/mol. The fourth-order valence-corrected chi connectivity index (χ4v) is 2.50. The van der Waals surface area contributed by atoms with Crippen molar-refractivity contribution in [3.63, 3.8) is 0 Å². The molecule has 0 aliphatic carbocycles. The molecule has 0 fully saturated rings. The first kappa shape index (κ1) is 13.6. The van der Waals surface area contributed by atoms with Gasteiger partial charge >= 0.3 is 0 Å². The van der Waals surface area contributed by atoms with Crippen LogP contribution in [0.2, 0.25) is 0 Å². The first-order chi connectivity index (χ1) is 9.28. The van der Waals surface area contributed by atoms with Gasteiger partial charge in [0.25, 0.3) is 0 Å². The van der Waals surface area contributed by atoms with Crippen LogP contribution in [0.3, 0.4) is 0 Å². The van der Waals surface area contributed by atoms with Gasteiger partial charge in [0, 0.05) is 10.6 Å². The van der Waals surface area contributed by atoms with Gasteiger partial charge in [0.15, 0.2) is 0 Å². The molecule has 0 amide bonds. The molecule has 0 saturated heterocycles. The summed E-state index contributed by atoms with van der Waals surface area (Å²) in [6.45, 7) is 3.83. The summed E-state index contributed by atoms with van der Waals surface area (Å²) in [5, 5.41) is 0. The van der Waals surface area contributed by atoms with Gasteiger partial charge in [-0.25, -0.2) is 4.39 Å². The molecule has 2 aromatic rings. The minimum absolute atomic E-state index is 0.212. The second kappa shape index (κ2) is 6.95. The number of allylic oxidation sites excluding steroid dienone is 1. The van der Waals surface area contributed by atoms with E-state index in [0.29, 0.717) is 0 Å². The Hall–Kier alpha value is -1.80. The van der Waals surface area contributed by atoms with E-state index in [2.05, 4.69) is 18.7 Å². The maximum absolute atomic E-state index is 12.8. The van der Waals surface area contributed by atoms with E-state index in [9.17, 15) is 4.39 Å². The molecule has 0 aromatic heterocycles. The van der Waals surface area contributed by atoms with E-state index in [1.54, 1.807) is 23.9 Å². The van der Waals surface area contributed by atoms with Crippen molar-refractivity contribution in [1.29, 1.82) is 0 Å². The van der Waals surface area contributed by atoms with E-state index in [4.69, 9.17) is 0 Å². The summed E-state index contributed by atoms with van der Waals surface area (Å²) in [7, 11) is 0. The molecular weight excluding hydrogens is 255 g/mol. The molecule has 0 aliphatic rings. The van der Waals surface area contributed by atoms with Gasteiger partial charge in [0.05, 0.1) is 0 Å². The van der Waals surface area contributed by atoms with Crippen molar-refractivity contribution in [2.24, 2.45) is 0 Å². The van der Waals surface area contributed by atoms with Crippen molar-refractivity contribution in [3.8, 4) is 0 Å². The summed E-state index contributed by atoms with van der Waals surface area (Å²) in [6, 6.07) is 16.7. The highest BCUT2D eigenvalue weighted by molar-refractivity contribution is 7.99. The molecule has 2 heteroatoms. The predicted octanol–water partition coefficient (Wildman–Crippen LogP) is 5.19. The first-order valence-electron chi connectivity index (χ1n) is 6.04. The number of rotatable bonds is 5. The normalized spacial score (nSPS) is 11.3. The topological polar surface area (TPSA) is 0 Å². The third kappa shape index (κ3) is 4.42. The number of hydrogen-bond donors (Lipinski definition) is 0. The summed E-state index contributed by atoms with van der Waals surface area (Å²) in [5.41, 5.74) is 2.12. The lowest BCUT2D eigenvalue weighted by molar-refractivity contribution is 0.628. The second-order valence-electron chi connectivity index (χ2n) is 4.08. The van der Waals surface area contributed by atoms with Crippen LogP contribution in [0, 0.1) is 5.82 Å². The number of halogens is 1. The summed E-state index contributed by atoms with van der Waals surface area (Å²) >= 11 is 1.76. The van der Waals surface area contributed by atoms with Crippen LogP contribution in [0.4, 0.5) is 4.39 Å². The minimum Gasteiger partial charge on any atom is -0.207 e. The Morgan fingerprint density at radius 3 is 2.37 bits per heavy atom. The van der Waals surface area contributed by atoms with Crippen LogP contribution in [0.15, 0.2) is 77.7 Å². The van der Waals surface area contributed by atoms with Crippen LogP contribution < -0.4 is 0 Å². The van der Waals surface area contributed by atoms with Gasteiger partial charge in [-0.15, -0.1) is 11.8 Å². The highest BCUT2D eigenvalue weighted by atomic mass is 32.2. The van der Waals surface area contributed by atoms with Crippen LogP contribution in [0.5, 0.6) is 0 Å². The Balaban J connectivity index is 2.04. The number of hydrogen-bond acceptors (Lipinski definition) is 1. The average Bonchev–Trinajstić information content (AvgIpc) is 2.46. The third-order valence-corrected chi connectivity index (χ3v) is 3.72. The quantitative estimate of drug-likeness (QED) is 0.532. The molecule has 0 bridgehead atoms. The van der Waals surface area contributed by atoms with Gasteiger partial charge in [-0.1, -0.05) is 49.1 Å². The molecule has 2 aromatic carbocycles. The standard InChI is InChI=1S/C17H15FS/c1-2-14(12-15-8-10-16(18)11-9-15)13-19-17-6-4-3-5-7-17/h2-12H,1,13H2/b14-12+. The third-order valence-electron chi connectivity index (χ3n) is 2.63. The lowest BCUT2D eigenvalue weighted by atomic mass is 10.1. The molecule has 19 heavy (non-hydrogen) atoms. The summed E-state index contributed by atoms with van der Waals surface area (Å²) < 4.78 is 12.8. The Morgan fingerprint density at radius 1 is 1.05 bits per heavy atom. The molecule has 0 heterocycles. The van der Waals surface area contributed by atoms with Crippen molar-refractivity contribution < 1.29 is 4.39 Å². The molecule has 0 unspecified atom stereocenters. The maximum Gasteiger partial charge on any atom is 0.123 e. The molecule has 0 aliphatic heterocycles. The van der Waals surface area contributed by atoms with E-state index in [1.807, 2.05) is 30.4 Å². The highest BCUT2D eigenvalue weighted by Crippen LogP contribution is 2.21. The predicted molar refractivity (Wildman–Crippen MR) is 81.7 cm³/mol. The maximum atomic E-state index is 12.8. The highest BCUT2D eigenvalue weighted by Gasteiger charge is 1.97. The molecule has 0 atom stereocenters. The van der Waals surface area contributed by atoms with Crippen molar-refractivity contribution in [1.82, 2.24) is 0 Å². The first-order valence-corrected chi connectivity index (χ1v) is 7.03. The Bertz CT molecular complexity index is 556. The molecular formula is C17H15FS. The van der Waals surface area contributed by atoms with Crippen molar-refractivity contribution in [3.05, 3.63) is 84.2 Å². The smallest absolute Gasteiger partial charge is 0.123 e. The van der Waals surface area contributed by atoms with Crippen LogP contribution in [0.25, 0.3) is 6.08 Å². The molecule has 2 rings (SSSR count). The van der Waals surface area contributed by atoms with Crippen LogP contribution in [-0.4, -0.2) is 5.75 Å². The zero-order chi connectivity index (χ0) is 13.5. The van der Waals surface area contributed by atoms with Gasteiger partial charge in [0.1, 0.15) is 5.82 Å². The van der Waals surface area contributed by atoms with Gasteiger partial charge in [0.2, 0.25) is 0 Å². The fourth-order valence-electron chi connectivity index (χ4n) is 1.62. The van der Waals surface area contributed by atoms with E-state index in [0.717, 1.165) is 16.9 Å². The Kier molecular flexibility index (Phi) is 4.99. The zero-order valence-corrected chi connectivity index (χ0v) is 11.4. The number of benzene rings is 2. The molecule has 0 radical (unpaired) electrons. The molecule has 0 spiro atoms. The van der Waals surface area contributed by atoms with Gasteiger partial charge in [-0.3, -0.25) is 0 Å². The van der Waals surface area contributed by atoms with Gasteiger partial charge < -0.3 is 0 Å². The van der Waals surface area contributed by atoms with Crippen LogP contribution in [-0.2, 0) is 0 Å². The second-order valence-corrected chi connectivity index (χ2v) is 5.13. The van der Waals surface area contributed by atoms with Crippen molar-refractivity contribution >= 4 is 17.8 Å². The van der Waals surface area contributed by atoms with E-state index < -0.39 is 0 Å². The van der Waals surface area contributed by atoms with E-state index in [1.165, 1.54) is 17.0 Å². The molecule has 0 nitrogen and oxygen atoms in total. The van der Waals surface area contributed by atoms with Gasteiger partial charge in [-0.2, -0.15) is 0 Å². The summed E-state index contributed by atoms with van der Waals surface area (Å²) in [4.78, 5) is 1.23. The fraction of sp³-hybridized carbons (Fsp3) is 0.0588. The monoisotopic (exact) mass is 270 g/mol. The summed E-state index contributed by atoms with van der Waals surface area (Å²) in [5.74, 6) is 0.640. The lowest BCUT2D eigenvalue weighted by Crippen LogP contribution is -1.84. The summed E-state index contributed by atoms with van der Waals surface area (Å²) in [6.07, 6.45) is 3.88. The minimum atomic E-state index is -0.212. The SMILES string of the molecule is C=C/C(=C\c1ccc(F)cc1)CSc1ccccc1.